The second-order valence-electron chi connectivity index (χ2n) is 3.32. The lowest BCUT2D eigenvalue weighted by Crippen LogP contribution is -2.43. The lowest BCUT2D eigenvalue weighted by atomic mass is 10.2. The molecule has 0 radical (unpaired) electrons. The fourth-order valence-corrected chi connectivity index (χ4v) is 1.02. The topological polar surface area (TPSA) is 29.5 Å². The van der Waals surface area contributed by atoms with E-state index in [1.54, 1.807) is 4.90 Å². The van der Waals surface area contributed by atoms with Gasteiger partial charge in [0.05, 0.1) is 0 Å². The predicted octanol–water partition coefficient (Wildman–Crippen LogP) is 2.25. The van der Waals surface area contributed by atoms with Crippen molar-refractivity contribution in [1.29, 1.82) is 0 Å². The van der Waals surface area contributed by atoms with Crippen LogP contribution in [0.4, 0.5) is 4.79 Å². The molecule has 1 saturated heterocycles. The summed E-state index contributed by atoms with van der Waals surface area (Å²) in [5.41, 5.74) is 0. The van der Waals surface area contributed by atoms with Crippen LogP contribution >= 0.6 is 22.6 Å². The van der Waals surface area contributed by atoms with Crippen molar-refractivity contribution in [3.63, 3.8) is 0 Å². The summed E-state index contributed by atoms with van der Waals surface area (Å²) in [6.07, 6.45) is 0.956. The van der Waals surface area contributed by atoms with Crippen molar-refractivity contribution < 1.29 is 9.53 Å². The largest absolute Gasteiger partial charge is 0.435 e. The zero-order valence-corrected chi connectivity index (χ0v) is 9.58. The number of rotatable bonds is 2. The molecule has 0 spiro atoms. The Labute approximate surface area is 86.6 Å². The van der Waals surface area contributed by atoms with Crippen molar-refractivity contribution in [2.45, 2.75) is 24.4 Å². The Balaban J connectivity index is 2.25. The summed E-state index contributed by atoms with van der Waals surface area (Å²) in [5.74, 6) is 0.385. The van der Waals surface area contributed by atoms with Gasteiger partial charge in [0.15, 0.2) is 4.11 Å². The highest BCUT2D eigenvalue weighted by molar-refractivity contribution is 14.1. The van der Waals surface area contributed by atoms with Crippen molar-refractivity contribution in [1.82, 2.24) is 4.90 Å². The van der Waals surface area contributed by atoms with E-state index in [1.807, 2.05) is 13.8 Å². The normalized spacial score (nSPS) is 18.8. The third-order valence-electron chi connectivity index (χ3n) is 1.85. The number of nitrogens with zero attached hydrogens (tertiary/aromatic N) is 1. The number of amides is 1. The summed E-state index contributed by atoms with van der Waals surface area (Å²) in [4.78, 5) is 13.0. The number of alkyl halides is 1. The number of likely N-dealkylation sites (tertiary alicyclic amines) is 1. The van der Waals surface area contributed by atoms with Gasteiger partial charge in [-0.15, -0.1) is 0 Å². The highest BCUT2D eigenvalue weighted by Gasteiger charge is 2.24. The van der Waals surface area contributed by atoms with Gasteiger partial charge in [0, 0.05) is 13.1 Å². The first-order valence-electron chi connectivity index (χ1n) is 4.21. The summed E-state index contributed by atoms with van der Waals surface area (Å²) in [7, 11) is 0. The van der Waals surface area contributed by atoms with Crippen molar-refractivity contribution in [2.75, 3.05) is 13.1 Å². The van der Waals surface area contributed by atoms with Gasteiger partial charge in [0.1, 0.15) is 0 Å². The number of carbonyl (C=O) groups excluding carboxylic acids is 1. The lowest BCUT2D eigenvalue weighted by molar-refractivity contribution is 0.0663. The monoisotopic (exact) mass is 283 g/mol. The second kappa shape index (κ2) is 4.30. The molecule has 1 rings (SSSR count). The molecule has 1 atom stereocenters. The van der Waals surface area contributed by atoms with E-state index >= 15 is 0 Å². The van der Waals surface area contributed by atoms with Crippen molar-refractivity contribution >= 4 is 28.7 Å². The van der Waals surface area contributed by atoms with Crippen LogP contribution in [-0.4, -0.2) is 28.2 Å². The van der Waals surface area contributed by atoms with Crippen molar-refractivity contribution in [2.24, 2.45) is 5.92 Å². The molecule has 1 fully saturated rings. The van der Waals surface area contributed by atoms with Crippen LogP contribution in [0.3, 0.4) is 0 Å². The maximum absolute atomic E-state index is 11.2. The molecule has 4 heteroatoms. The third kappa shape index (κ3) is 2.50. The first-order chi connectivity index (χ1) is 5.61. The van der Waals surface area contributed by atoms with Crippen LogP contribution in [0.15, 0.2) is 0 Å². The smallest absolute Gasteiger partial charge is 0.410 e. The van der Waals surface area contributed by atoms with Crippen LogP contribution in [0.25, 0.3) is 0 Å². The van der Waals surface area contributed by atoms with Gasteiger partial charge in [-0.25, -0.2) is 4.79 Å². The van der Waals surface area contributed by atoms with Gasteiger partial charge in [-0.2, -0.15) is 0 Å². The molecule has 1 aliphatic heterocycles. The third-order valence-corrected chi connectivity index (χ3v) is 3.54. The molecule has 0 aromatic heterocycles. The average Bonchev–Trinajstić information content (AvgIpc) is 1.82. The van der Waals surface area contributed by atoms with Crippen LogP contribution < -0.4 is 0 Å². The van der Waals surface area contributed by atoms with Crippen LogP contribution in [0, 0.1) is 5.92 Å². The van der Waals surface area contributed by atoms with Gasteiger partial charge < -0.3 is 9.64 Å². The molecule has 12 heavy (non-hydrogen) atoms. The molecule has 0 saturated carbocycles. The Kier molecular flexibility index (Phi) is 3.61. The zero-order chi connectivity index (χ0) is 9.14. The molecule has 1 amide bonds. The van der Waals surface area contributed by atoms with Crippen molar-refractivity contribution in [3.05, 3.63) is 0 Å². The van der Waals surface area contributed by atoms with Crippen LogP contribution in [0.5, 0.6) is 0 Å². The number of hydrogen-bond donors (Lipinski definition) is 0. The standard InChI is InChI=1S/C8H14INO2/c1-6(2)7(9)12-8(11)10-4-3-5-10/h6-7H,3-5H2,1-2H3/t7-/m1/s1. The van der Waals surface area contributed by atoms with Gasteiger partial charge in [-0.1, -0.05) is 13.8 Å². The lowest BCUT2D eigenvalue weighted by Gasteiger charge is -2.31. The Morgan fingerprint density at radius 2 is 2.08 bits per heavy atom. The van der Waals surface area contributed by atoms with E-state index in [0.717, 1.165) is 19.5 Å². The van der Waals surface area contributed by atoms with Gasteiger partial charge >= 0.3 is 6.09 Å². The van der Waals surface area contributed by atoms with E-state index in [1.165, 1.54) is 0 Å². The number of halogens is 1. The zero-order valence-electron chi connectivity index (χ0n) is 7.42. The molecular weight excluding hydrogens is 269 g/mol. The minimum Gasteiger partial charge on any atom is -0.435 e. The molecule has 3 nitrogen and oxygen atoms in total. The molecule has 70 valence electrons. The molecule has 0 unspecified atom stereocenters. The fourth-order valence-electron chi connectivity index (χ4n) is 0.806. The van der Waals surface area contributed by atoms with Crippen LogP contribution in [-0.2, 0) is 4.74 Å². The minimum absolute atomic E-state index is 0.00398. The molecule has 0 aromatic carbocycles. The summed E-state index contributed by atoms with van der Waals surface area (Å²) in [6.45, 7) is 5.81. The second-order valence-corrected chi connectivity index (χ2v) is 4.55. The predicted molar refractivity (Wildman–Crippen MR) is 55.3 cm³/mol. The molecule has 0 aliphatic carbocycles. The molecular formula is C8H14INO2. The molecule has 0 N–H and O–H groups in total. The maximum Gasteiger partial charge on any atom is 0.410 e. The highest BCUT2D eigenvalue weighted by Crippen LogP contribution is 2.17. The van der Waals surface area contributed by atoms with Gasteiger partial charge in [0.25, 0.3) is 0 Å². The van der Waals surface area contributed by atoms with Crippen molar-refractivity contribution in [3.8, 4) is 0 Å². The molecule has 1 heterocycles. The fraction of sp³-hybridized carbons (Fsp3) is 0.875. The first-order valence-corrected chi connectivity index (χ1v) is 5.45. The highest BCUT2D eigenvalue weighted by atomic mass is 127. The Hall–Kier alpha value is 0. The number of hydrogen-bond acceptors (Lipinski definition) is 2. The minimum atomic E-state index is -0.158. The van der Waals surface area contributed by atoms with E-state index in [2.05, 4.69) is 22.6 Å². The summed E-state index contributed by atoms with van der Waals surface area (Å²) >= 11 is 2.15. The summed E-state index contributed by atoms with van der Waals surface area (Å²) in [5, 5.41) is 0. The summed E-state index contributed by atoms with van der Waals surface area (Å²) < 4.78 is 5.19. The van der Waals surface area contributed by atoms with Crippen LogP contribution in [0.2, 0.25) is 0 Å². The molecule has 1 aliphatic rings. The Bertz CT molecular complexity index is 168. The van der Waals surface area contributed by atoms with E-state index in [-0.39, 0.29) is 10.2 Å². The molecule has 0 aromatic rings. The number of ether oxygens (including phenoxy) is 1. The molecule has 0 bridgehead atoms. The first kappa shape index (κ1) is 10.1. The average molecular weight is 283 g/mol. The van der Waals surface area contributed by atoms with Gasteiger partial charge in [0.2, 0.25) is 0 Å². The van der Waals surface area contributed by atoms with E-state index < -0.39 is 0 Å². The van der Waals surface area contributed by atoms with Gasteiger partial charge in [-0.05, 0) is 34.9 Å². The van der Waals surface area contributed by atoms with Crippen LogP contribution in [0.1, 0.15) is 20.3 Å². The maximum atomic E-state index is 11.2. The van der Waals surface area contributed by atoms with E-state index in [9.17, 15) is 4.79 Å². The summed E-state index contributed by atoms with van der Waals surface area (Å²) in [6, 6.07) is 0. The SMILES string of the molecule is CC(C)[C@H](I)OC(=O)N1CCC1. The Morgan fingerprint density at radius 3 is 2.42 bits per heavy atom. The van der Waals surface area contributed by atoms with E-state index in [4.69, 9.17) is 4.74 Å². The van der Waals surface area contributed by atoms with Gasteiger partial charge in [-0.3, -0.25) is 0 Å². The Morgan fingerprint density at radius 1 is 1.50 bits per heavy atom. The van der Waals surface area contributed by atoms with E-state index in [0.29, 0.717) is 5.92 Å². The quantitative estimate of drug-likeness (QED) is 0.574. The number of carbonyl (C=O) groups is 1.